The summed E-state index contributed by atoms with van der Waals surface area (Å²) in [6.07, 6.45) is 3.83. The molecule has 0 aliphatic heterocycles. The predicted octanol–water partition coefficient (Wildman–Crippen LogP) is 6.63. The number of hydrogen-bond acceptors (Lipinski definition) is 4. The van der Waals surface area contributed by atoms with Crippen molar-refractivity contribution in [1.29, 1.82) is 0 Å². The first-order valence-electron chi connectivity index (χ1n) is 13.3. The summed E-state index contributed by atoms with van der Waals surface area (Å²) in [7, 11) is -4.18. The van der Waals surface area contributed by atoms with Crippen molar-refractivity contribution in [1.82, 2.24) is 10.2 Å². The van der Waals surface area contributed by atoms with Gasteiger partial charge in [-0.15, -0.1) is 0 Å². The number of carbonyl (C=O) groups is 2. The number of halogens is 3. The van der Waals surface area contributed by atoms with Crippen LogP contribution < -0.4 is 9.62 Å². The van der Waals surface area contributed by atoms with Gasteiger partial charge >= 0.3 is 0 Å². The van der Waals surface area contributed by atoms with Gasteiger partial charge in [0.15, 0.2) is 0 Å². The minimum atomic E-state index is -4.18. The van der Waals surface area contributed by atoms with Crippen molar-refractivity contribution in [3.05, 3.63) is 92.9 Å². The van der Waals surface area contributed by atoms with Crippen LogP contribution in [0, 0.1) is 6.92 Å². The van der Waals surface area contributed by atoms with E-state index in [1.54, 1.807) is 62.4 Å². The zero-order chi connectivity index (χ0) is 29.7. The van der Waals surface area contributed by atoms with Gasteiger partial charge in [-0.25, -0.2) is 8.42 Å². The maximum atomic E-state index is 14.1. The molecule has 3 aromatic rings. The molecule has 1 aliphatic carbocycles. The molecule has 7 nitrogen and oxygen atoms in total. The fraction of sp³-hybridized carbons (Fsp3) is 0.333. The summed E-state index contributed by atoms with van der Waals surface area (Å²) in [6, 6.07) is 16.7. The van der Waals surface area contributed by atoms with Crippen molar-refractivity contribution < 1.29 is 18.0 Å². The van der Waals surface area contributed by atoms with E-state index in [0.29, 0.717) is 20.6 Å². The zero-order valence-corrected chi connectivity index (χ0v) is 25.9. The topological polar surface area (TPSA) is 86.8 Å². The van der Waals surface area contributed by atoms with Crippen molar-refractivity contribution >= 4 is 62.3 Å². The van der Waals surface area contributed by atoms with E-state index < -0.39 is 28.5 Å². The van der Waals surface area contributed by atoms with Gasteiger partial charge in [-0.3, -0.25) is 13.9 Å². The number of aryl methyl sites for hydroxylation is 1. The smallest absolute Gasteiger partial charge is 0.264 e. The monoisotopic (exact) mass is 635 g/mol. The molecule has 0 unspecified atom stereocenters. The molecule has 3 aromatic carbocycles. The molecule has 0 saturated heterocycles. The first kappa shape index (κ1) is 31.2. The van der Waals surface area contributed by atoms with Crippen molar-refractivity contribution in [2.45, 2.75) is 63.1 Å². The summed E-state index contributed by atoms with van der Waals surface area (Å²) in [6.45, 7) is 2.84. The van der Waals surface area contributed by atoms with E-state index >= 15 is 0 Å². The lowest BCUT2D eigenvalue weighted by Gasteiger charge is -2.32. The molecule has 0 spiro atoms. The molecule has 1 fully saturated rings. The molecule has 1 atom stereocenters. The fourth-order valence-electron chi connectivity index (χ4n) is 4.79. The maximum absolute atomic E-state index is 14.1. The minimum absolute atomic E-state index is 0.0174. The molecule has 1 saturated carbocycles. The van der Waals surface area contributed by atoms with Crippen LogP contribution in [0.4, 0.5) is 5.69 Å². The third-order valence-corrected chi connectivity index (χ3v) is 10.1. The largest absolute Gasteiger partial charge is 0.352 e. The Kier molecular flexibility index (Phi) is 10.2. The number of benzene rings is 3. The zero-order valence-electron chi connectivity index (χ0n) is 22.8. The molecular formula is C30H32Cl3N3O4S. The van der Waals surface area contributed by atoms with E-state index in [2.05, 4.69) is 5.32 Å². The molecule has 0 aromatic heterocycles. The summed E-state index contributed by atoms with van der Waals surface area (Å²) >= 11 is 18.9. The van der Waals surface area contributed by atoms with E-state index in [1.165, 1.54) is 23.1 Å². The molecule has 0 heterocycles. The number of hydrogen-bond donors (Lipinski definition) is 1. The number of amides is 2. The quantitative estimate of drug-likeness (QED) is 0.271. The number of carbonyl (C=O) groups excluding carboxylic acids is 2. The predicted molar refractivity (Wildman–Crippen MR) is 164 cm³/mol. The molecule has 0 bridgehead atoms. The van der Waals surface area contributed by atoms with E-state index in [-0.39, 0.29) is 29.1 Å². The van der Waals surface area contributed by atoms with E-state index in [0.717, 1.165) is 35.6 Å². The van der Waals surface area contributed by atoms with E-state index in [1.807, 2.05) is 0 Å². The Bertz CT molecular complexity index is 1510. The Labute approximate surface area is 256 Å². The number of nitrogens with zero attached hydrogens (tertiary/aromatic N) is 2. The summed E-state index contributed by atoms with van der Waals surface area (Å²) in [4.78, 5) is 28.7. The standard InChI is InChI=1S/C30H32Cl3N3O4S/c1-20-12-15-25(17-27(20)32)36(41(39,40)26-10-4-3-5-11-26)19-29(37)35(18-22-13-14-23(31)16-28(22)33)21(2)30(38)34-24-8-6-7-9-24/h3-5,10-17,21,24H,6-9,18-19H2,1-2H3,(H,34,38)/t21-/m1/s1. The second-order valence-electron chi connectivity index (χ2n) is 10.2. The van der Waals surface area contributed by atoms with Gasteiger partial charge in [-0.05, 0) is 74.2 Å². The van der Waals surface area contributed by atoms with Crippen LogP contribution >= 0.6 is 34.8 Å². The van der Waals surface area contributed by atoms with Gasteiger partial charge in [0.2, 0.25) is 11.8 Å². The van der Waals surface area contributed by atoms with Gasteiger partial charge in [0.1, 0.15) is 12.6 Å². The molecule has 2 amide bonds. The number of nitrogens with one attached hydrogen (secondary N) is 1. The first-order chi connectivity index (χ1) is 19.5. The van der Waals surface area contributed by atoms with Crippen molar-refractivity contribution in [3.8, 4) is 0 Å². The highest BCUT2D eigenvalue weighted by molar-refractivity contribution is 7.92. The average molecular weight is 637 g/mol. The maximum Gasteiger partial charge on any atom is 0.264 e. The molecule has 11 heteroatoms. The summed E-state index contributed by atoms with van der Waals surface area (Å²) < 4.78 is 28.8. The van der Waals surface area contributed by atoms with Crippen LogP contribution in [0.15, 0.2) is 71.6 Å². The van der Waals surface area contributed by atoms with Crippen molar-refractivity contribution in [2.24, 2.45) is 0 Å². The third-order valence-electron chi connectivity index (χ3n) is 7.28. The Balaban J connectivity index is 1.71. The summed E-state index contributed by atoms with van der Waals surface area (Å²) in [5.41, 5.74) is 1.56. The van der Waals surface area contributed by atoms with Gasteiger partial charge in [0, 0.05) is 27.7 Å². The van der Waals surface area contributed by atoms with E-state index in [9.17, 15) is 18.0 Å². The van der Waals surface area contributed by atoms with Gasteiger partial charge in [-0.1, -0.05) is 78.0 Å². The molecule has 0 radical (unpaired) electrons. The van der Waals surface area contributed by atoms with Crippen LogP contribution in [-0.4, -0.2) is 43.8 Å². The Morgan fingerprint density at radius 1 is 0.951 bits per heavy atom. The normalized spacial score (nSPS) is 14.5. The van der Waals surface area contributed by atoms with Crippen molar-refractivity contribution in [3.63, 3.8) is 0 Å². The summed E-state index contributed by atoms with van der Waals surface area (Å²) in [5.74, 6) is -0.896. The van der Waals surface area contributed by atoms with Gasteiger partial charge in [0.25, 0.3) is 10.0 Å². The molecule has 218 valence electrons. The lowest BCUT2D eigenvalue weighted by molar-refractivity contribution is -0.139. The lowest BCUT2D eigenvalue weighted by Crippen LogP contribution is -2.52. The molecule has 41 heavy (non-hydrogen) atoms. The Hall–Kier alpha value is -2.78. The highest BCUT2D eigenvalue weighted by atomic mass is 35.5. The minimum Gasteiger partial charge on any atom is -0.352 e. The Morgan fingerprint density at radius 3 is 2.27 bits per heavy atom. The van der Waals surface area contributed by atoms with Crippen LogP contribution in [0.5, 0.6) is 0 Å². The lowest BCUT2D eigenvalue weighted by atomic mass is 10.1. The van der Waals surface area contributed by atoms with E-state index in [4.69, 9.17) is 34.8 Å². The number of anilines is 1. The average Bonchev–Trinajstić information content (AvgIpc) is 3.46. The SMILES string of the molecule is Cc1ccc(N(CC(=O)N(Cc2ccc(Cl)cc2Cl)[C@H](C)C(=O)NC2CCCC2)S(=O)(=O)c2ccccc2)cc1Cl. The number of rotatable bonds is 10. The van der Waals surface area contributed by atoms with Crippen LogP contribution in [-0.2, 0) is 26.2 Å². The summed E-state index contributed by atoms with van der Waals surface area (Å²) in [5, 5.41) is 4.16. The third kappa shape index (κ3) is 7.55. The molecular weight excluding hydrogens is 605 g/mol. The molecule has 1 aliphatic rings. The Morgan fingerprint density at radius 2 is 1.63 bits per heavy atom. The van der Waals surface area contributed by atoms with Gasteiger partial charge in [0.05, 0.1) is 10.6 Å². The molecule has 4 rings (SSSR count). The highest BCUT2D eigenvalue weighted by Crippen LogP contribution is 2.29. The number of sulfonamides is 1. The van der Waals surface area contributed by atoms with Crippen LogP contribution in [0.2, 0.25) is 15.1 Å². The second-order valence-corrected chi connectivity index (χ2v) is 13.3. The van der Waals surface area contributed by atoms with Crippen LogP contribution in [0.3, 0.4) is 0 Å². The first-order valence-corrected chi connectivity index (χ1v) is 15.9. The van der Waals surface area contributed by atoms with Gasteiger partial charge < -0.3 is 10.2 Å². The van der Waals surface area contributed by atoms with Crippen molar-refractivity contribution in [2.75, 3.05) is 10.8 Å². The highest BCUT2D eigenvalue weighted by Gasteiger charge is 2.33. The fourth-order valence-corrected chi connectivity index (χ4v) is 6.86. The molecule has 1 N–H and O–H groups in total. The van der Waals surface area contributed by atoms with Gasteiger partial charge in [-0.2, -0.15) is 0 Å². The second kappa shape index (κ2) is 13.5. The van der Waals surface area contributed by atoms with Crippen LogP contribution in [0.25, 0.3) is 0 Å². The van der Waals surface area contributed by atoms with Crippen LogP contribution in [0.1, 0.15) is 43.7 Å².